The first-order valence-corrected chi connectivity index (χ1v) is 19.8. The third kappa shape index (κ3) is 14.8. The average molecular weight is 885 g/mol. The smallest absolute Gasteiger partial charge is 0.411 e. The minimum Gasteiger partial charge on any atom is -0.494 e. The van der Waals surface area contributed by atoms with Crippen LogP contribution >= 0.6 is 0 Å². The first-order valence-electron chi connectivity index (χ1n) is 19.8. The van der Waals surface area contributed by atoms with Gasteiger partial charge in [0, 0.05) is 25.0 Å². The van der Waals surface area contributed by atoms with Gasteiger partial charge in [0.2, 0.25) is 5.41 Å². The Labute approximate surface area is 360 Å². The maximum atomic E-state index is 14.8. The van der Waals surface area contributed by atoms with E-state index in [0.717, 1.165) is 47.5 Å². The van der Waals surface area contributed by atoms with Crippen LogP contribution in [0.3, 0.4) is 0 Å². The molecular weight excluding hydrogens is 838 g/mol. The second-order valence-corrected chi connectivity index (χ2v) is 13.9. The lowest BCUT2D eigenvalue weighted by atomic mass is 9.73. The van der Waals surface area contributed by atoms with Gasteiger partial charge in [0.05, 0.1) is 26.4 Å². The summed E-state index contributed by atoms with van der Waals surface area (Å²) in [5.41, 5.74) is -5.34. The zero-order chi connectivity index (χ0) is 45.9. The monoisotopic (exact) mass is 884 g/mol. The number of benzene rings is 4. The zero-order valence-electron chi connectivity index (χ0n) is 34.1. The van der Waals surface area contributed by atoms with Crippen molar-refractivity contribution in [2.75, 3.05) is 26.4 Å². The van der Waals surface area contributed by atoms with Gasteiger partial charge >= 0.3 is 36.2 Å². The van der Waals surface area contributed by atoms with Gasteiger partial charge in [0.25, 0.3) is 0 Å². The van der Waals surface area contributed by atoms with Crippen molar-refractivity contribution >= 4 is 23.9 Å². The quantitative estimate of drug-likeness (QED) is 0.0221. The molecule has 63 heavy (non-hydrogen) atoms. The Morgan fingerprint density at radius 2 is 0.778 bits per heavy atom. The summed E-state index contributed by atoms with van der Waals surface area (Å²) in [4.78, 5) is 47.3. The molecule has 4 rings (SSSR count). The molecule has 0 spiro atoms. The Morgan fingerprint density at radius 3 is 1.10 bits per heavy atom. The van der Waals surface area contributed by atoms with E-state index in [9.17, 15) is 45.5 Å². The molecule has 10 nitrogen and oxygen atoms in total. The topological polar surface area (TPSA) is 124 Å². The molecule has 16 heteroatoms. The van der Waals surface area contributed by atoms with Crippen molar-refractivity contribution in [1.82, 2.24) is 0 Å². The number of carbonyl (C=O) groups excluding carboxylic acids is 4. The number of ether oxygens (including phenoxy) is 6. The molecule has 0 heterocycles. The van der Waals surface area contributed by atoms with Crippen molar-refractivity contribution < 1.29 is 73.9 Å². The van der Waals surface area contributed by atoms with Crippen molar-refractivity contribution in [2.45, 2.75) is 69.1 Å². The Hall–Kier alpha value is -6.58. The highest BCUT2D eigenvalue weighted by molar-refractivity contribution is 5.81. The second kappa shape index (κ2) is 23.6. The summed E-state index contributed by atoms with van der Waals surface area (Å²) in [6.07, 6.45) is -6.94. The van der Waals surface area contributed by atoms with E-state index >= 15 is 0 Å². The highest BCUT2D eigenvalue weighted by atomic mass is 19.4. The predicted molar refractivity (Wildman–Crippen MR) is 218 cm³/mol. The lowest BCUT2D eigenvalue weighted by Crippen LogP contribution is -2.54. The molecule has 4 aromatic rings. The number of hydrogen-bond donors (Lipinski definition) is 0. The van der Waals surface area contributed by atoms with Crippen LogP contribution in [0.15, 0.2) is 122 Å². The fraction of sp³-hybridized carbons (Fsp3) is 0.319. The van der Waals surface area contributed by atoms with Crippen LogP contribution in [0.25, 0.3) is 0 Å². The fourth-order valence-electron chi connectivity index (χ4n) is 6.14. The number of halogens is 6. The highest BCUT2D eigenvalue weighted by Gasteiger charge is 2.72. The molecule has 0 unspecified atom stereocenters. The van der Waals surface area contributed by atoms with Crippen LogP contribution in [0.1, 0.15) is 60.8 Å². The summed E-state index contributed by atoms with van der Waals surface area (Å²) < 4.78 is 120. The molecule has 0 saturated carbocycles. The van der Waals surface area contributed by atoms with E-state index in [1.54, 1.807) is 48.5 Å². The van der Waals surface area contributed by atoms with Crippen LogP contribution in [0.4, 0.5) is 26.3 Å². The van der Waals surface area contributed by atoms with Crippen LogP contribution in [-0.2, 0) is 46.9 Å². The van der Waals surface area contributed by atoms with E-state index in [2.05, 4.69) is 13.2 Å². The van der Waals surface area contributed by atoms with Crippen molar-refractivity contribution in [3.05, 3.63) is 145 Å². The molecule has 4 aromatic carbocycles. The van der Waals surface area contributed by atoms with Crippen LogP contribution in [0, 0.1) is 0 Å². The largest absolute Gasteiger partial charge is 0.494 e. The summed E-state index contributed by atoms with van der Waals surface area (Å²) in [5, 5.41) is 0. The van der Waals surface area contributed by atoms with Crippen molar-refractivity contribution in [3.63, 3.8) is 0 Å². The van der Waals surface area contributed by atoms with Crippen molar-refractivity contribution in [2.24, 2.45) is 0 Å². The Balaban J connectivity index is 1.30. The minimum atomic E-state index is -5.88. The molecule has 0 aliphatic rings. The van der Waals surface area contributed by atoms with Crippen molar-refractivity contribution in [3.8, 4) is 23.0 Å². The first kappa shape index (κ1) is 49.1. The molecule has 0 radical (unpaired) electrons. The van der Waals surface area contributed by atoms with Crippen LogP contribution in [0.2, 0.25) is 0 Å². The SMILES string of the molecule is C=CC(=O)OCCCCOc1ccc(CCC(=O)Oc2ccc(C(c3ccc(OC(=O)CCc4ccc(OCCCCOC(=O)C=C)cc4)cc3)(C(F)(F)F)C(F)(F)F)cc2)cc1. The van der Waals surface area contributed by atoms with Gasteiger partial charge in [0.1, 0.15) is 23.0 Å². The third-order valence-electron chi connectivity index (χ3n) is 9.41. The highest BCUT2D eigenvalue weighted by Crippen LogP contribution is 2.56. The molecule has 0 amide bonds. The van der Waals surface area contributed by atoms with Gasteiger partial charge in [-0.25, -0.2) is 9.59 Å². The molecule has 0 N–H and O–H groups in total. The van der Waals surface area contributed by atoms with Crippen molar-refractivity contribution in [1.29, 1.82) is 0 Å². The minimum absolute atomic E-state index is 0.138. The second-order valence-electron chi connectivity index (χ2n) is 13.9. The lowest BCUT2D eigenvalue weighted by molar-refractivity contribution is -0.288. The molecule has 0 atom stereocenters. The number of alkyl halides is 6. The number of aryl methyl sites for hydroxylation is 2. The summed E-state index contributed by atoms with van der Waals surface area (Å²) >= 11 is 0. The van der Waals surface area contributed by atoms with Gasteiger partial charge in [-0.2, -0.15) is 26.3 Å². The van der Waals surface area contributed by atoms with Gasteiger partial charge in [-0.3, -0.25) is 9.59 Å². The first-order chi connectivity index (χ1) is 30.0. The average Bonchev–Trinajstić information content (AvgIpc) is 3.25. The lowest BCUT2D eigenvalue weighted by Gasteiger charge is -2.38. The Kier molecular flexibility index (Phi) is 18.4. The maximum absolute atomic E-state index is 14.8. The Morgan fingerprint density at radius 1 is 0.460 bits per heavy atom. The molecule has 0 aliphatic carbocycles. The summed E-state index contributed by atoms with van der Waals surface area (Å²) in [6, 6.07) is 19.6. The number of unbranched alkanes of at least 4 members (excludes halogenated alkanes) is 2. The fourth-order valence-corrected chi connectivity index (χ4v) is 6.14. The van der Waals surface area contributed by atoms with Gasteiger partial charge in [-0.15, -0.1) is 0 Å². The van der Waals surface area contributed by atoms with Crippen LogP contribution in [0.5, 0.6) is 23.0 Å². The van der Waals surface area contributed by atoms with E-state index in [4.69, 9.17) is 28.4 Å². The molecular formula is C47H46F6O10. The standard InChI is InChI=1S/C47H46F6O10/c1-3-41(54)60-31-7-5-29-58-37-19-9-33(10-20-37)13-27-43(56)62-39-23-15-35(16-24-39)45(46(48,49)50,47(51,52)53)36-17-25-40(26-18-36)63-44(57)28-14-34-11-21-38(22-12-34)59-30-6-8-32-61-42(55)4-2/h3-4,9-12,15-26H,1-2,5-8,13-14,27-32H2. The van der Waals surface area contributed by atoms with E-state index in [1.807, 2.05) is 0 Å². The predicted octanol–water partition coefficient (Wildman–Crippen LogP) is 9.95. The molecule has 0 bridgehead atoms. The number of hydrogen-bond acceptors (Lipinski definition) is 10. The third-order valence-corrected chi connectivity index (χ3v) is 9.41. The van der Waals surface area contributed by atoms with Gasteiger partial charge in [-0.05, 0) is 109 Å². The van der Waals surface area contributed by atoms with Gasteiger partial charge in [-0.1, -0.05) is 61.7 Å². The maximum Gasteiger partial charge on any atom is 0.411 e. The number of carbonyl (C=O) groups is 4. The van der Waals surface area contributed by atoms with E-state index in [-0.39, 0.29) is 50.4 Å². The molecule has 0 fully saturated rings. The van der Waals surface area contributed by atoms with Crippen LogP contribution < -0.4 is 18.9 Å². The molecule has 0 aliphatic heterocycles. The Bertz CT molecular complexity index is 1960. The van der Waals surface area contributed by atoms with E-state index < -0.39 is 52.8 Å². The normalized spacial score (nSPS) is 11.5. The molecule has 0 saturated heterocycles. The van der Waals surface area contributed by atoms with Gasteiger partial charge in [0.15, 0.2) is 0 Å². The number of rotatable bonds is 24. The van der Waals surface area contributed by atoms with E-state index in [0.29, 0.717) is 74.7 Å². The van der Waals surface area contributed by atoms with E-state index in [1.165, 1.54) is 0 Å². The molecule has 336 valence electrons. The zero-order valence-corrected chi connectivity index (χ0v) is 34.1. The summed E-state index contributed by atoms with van der Waals surface area (Å²) in [5.74, 6) is -1.88. The van der Waals surface area contributed by atoms with Crippen LogP contribution in [-0.4, -0.2) is 62.7 Å². The summed E-state index contributed by atoms with van der Waals surface area (Å²) in [6.45, 7) is 7.88. The number of esters is 4. The molecule has 0 aromatic heterocycles. The summed E-state index contributed by atoms with van der Waals surface area (Å²) in [7, 11) is 0. The van der Waals surface area contributed by atoms with Gasteiger partial charge < -0.3 is 28.4 Å².